The van der Waals surface area contributed by atoms with Crippen LogP contribution in [0.3, 0.4) is 0 Å². The molecule has 2 aromatic rings. The van der Waals surface area contributed by atoms with Gasteiger partial charge in [0.25, 0.3) is 0 Å². The minimum Gasteiger partial charge on any atom is -0.383 e. The Hall–Kier alpha value is -2.28. The van der Waals surface area contributed by atoms with E-state index in [0.717, 1.165) is 16.8 Å². The number of aromatic nitrogens is 2. The van der Waals surface area contributed by atoms with E-state index in [2.05, 4.69) is 15.3 Å². The zero-order valence-corrected chi connectivity index (χ0v) is 13.6. The maximum atomic E-state index is 12.3. The molecule has 1 aromatic heterocycles. The standard InChI is InChI=1S/C15H19N5OS/c1-8-5-4-6-11(9(8)2)18-14(21)10(3)22-15-19-12(16)7-13(17)20-15/h4-7,10H,1-3H3,(H,18,21)(H4,16,17,19,20). The van der Waals surface area contributed by atoms with Crippen LogP contribution >= 0.6 is 11.8 Å². The number of benzene rings is 1. The molecule has 1 heterocycles. The minimum absolute atomic E-state index is 0.122. The van der Waals surface area contributed by atoms with Gasteiger partial charge in [-0.15, -0.1) is 0 Å². The van der Waals surface area contributed by atoms with Crippen molar-refractivity contribution in [3.8, 4) is 0 Å². The van der Waals surface area contributed by atoms with Crippen LogP contribution in [-0.4, -0.2) is 21.1 Å². The molecule has 5 N–H and O–H groups in total. The number of nitrogens with two attached hydrogens (primary N) is 2. The van der Waals surface area contributed by atoms with Crippen molar-refractivity contribution in [1.82, 2.24) is 9.97 Å². The van der Waals surface area contributed by atoms with E-state index in [-0.39, 0.29) is 22.8 Å². The van der Waals surface area contributed by atoms with Crippen molar-refractivity contribution >= 4 is 35.0 Å². The molecule has 7 heteroatoms. The van der Waals surface area contributed by atoms with Gasteiger partial charge < -0.3 is 16.8 Å². The lowest BCUT2D eigenvalue weighted by Gasteiger charge is -2.14. The molecule has 1 aromatic carbocycles. The van der Waals surface area contributed by atoms with Crippen LogP contribution < -0.4 is 16.8 Å². The summed E-state index contributed by atoms with van der Waals surface area (Å²) in [4.78, 5) is 20.4. The molecule has 0 bridgehead atoms. The first-order chi connectivity index (χ1) is 10.4. The number of rotatable bonds is 4. The summed E-state index contributed by atoms with van der Waals surface area (Å²) in [6, 6.07) is 7.28. The van der Waals surface area contributed by atoms with Gasteiger partial charge in [-0.1, -0.05) is 23.9 Å². The van der Waals surface area contributed by atoms with Crippen LogP contribution in [0.5, 0.6) is 0 Å². The first-order valence-electron chi connectivity index (χ1n) is 6.80. The number of aryl methyl sites for hydroxylation is 1. The van der Waals surface area contributed by atoms with Gasteiger partial charge in [0.15, 0.2) is 5.16 Å². The number of nitrogen functional groups attached to an aromatic ring is 2. The first-order valence-corrected chi connectivity index (χ1v) is 7.68. The van der Waals surface area contributed by atoms with Gasteiger partial charge in [-0.2, -0.15) is 0 Å². The Morgan fingerprint density at radius 3 is 2.50 bits per heavy atom. The lowest BCUT2D eigenvalue weighted by molar-refractivity contribution is -0.115. The molecule has 0 fully saturated rings. The molecular weight excluding hydrogens is 298 g/mol. The number of carbonyl (C=O) groups excluding carboxylic acids is 1. The third-order valence-corrected chi connectivity index (χ3v) is 4.22. The Morgan fingerprint density at radius 1 is 1.23 bits per heavy atom. The lowest BCUT2D eigenvalue weighted by Crippen LogP contribution is -2.23. The average molecular weight is 317 g/mol. The molecule has 0 saturated heterocycles. The molecule has 0 spiro atoms. The molecule has 0 aliphatic heterocycles. The van der Waals surface area contributed by atoms with E-state index < -0.39 is 0 Å². The van der Waals surface area contributed by atoms with Gasteiger partial charge in [-0.3, -0.25) is 4.79 Å². The highest BCUT2D eigenvalue weighted by molar-refractivity contribution is 8.00. The van der Waals surface area contributed by atoms with E-state index >= 15 is 0 Å². The Bertz CT molecular complexity index is 684. The van der Waals surface area contributed by atoms with Crippen molar-refractivity contribution in [2.24, 2.45) is 0 Å². The van der Waals surface area contributed by atoms with Crippen molar-refractivity contribution in [3.05, 3.63) is 35.4 Å². The zero-order valence-electron chi connectivity index (χ0n) is 12.8. The molecule has 0 radical (unpaired) electrons. The molecule has 1 atom stereocenters. The average Bonchev–Trinajstić information content (AvgIpc) is 2.42. The van der Waals surface area contributed by atoms with Gasteiger partial charge in [0.2, 0.25) is 5.91 Å². The number of hydrogen-bond donors (Lipinski definition) is 3. The molecule has 0 aliphatic carbocycles. The number of thioether (sulfide) groups is 1. The number of amides is 1. The fraction of sp³-hybridized carbons (Fsp3) is 0.267. The van der Waals surface area contributed by atoms with E-state index in [1.54, 1.807) is 6.92 Å². The number of nitrogens with zero attached hydrogens (tertiary/aromatic N) is 2. The van der Waals surface area contributed by atoms with Gasteiger partial charge in [0, 0.05) is 11.8 Å². The van der Waals surface area contributed by atoms with E-state index in [1.165, 1.54) is 17.8 Å². The Morgan fingerprint density at radius 2 is 1.86 bits per heavy atom. The highest BCUT2D eigenvalue weighted by Crippen LogP contribution is 2.24. The first kappa shape index (κ1) is 16.1. The summed E-state index contributed by atoms with van der Waals surface area (Å²) in [5.74, 6) is 0.456. The summed E-state index contributed by atoms with van der Waals surface area (Å²) in [6.45, 7) is 5.77. The molecule has 0 saturated carbocycles. The van der Waals surface area contributed by atoms with Crippen LogP contribution in [-0.2, 0) is 4.79 Å². The molecular formula is C15H19N5OS. The second-order valence-corrected chi connectivity index (χ2v) is 6.31. The smallest absolute Gasteiger partial charge is 0.237 e. The summed E-state index contributed by atoms with van der Waals surface area (Å²) >= 11 is 1.22. The second-order valence-electron chi connectivity index (χ2n) is 5.00. The number of carbonyl (C=O) groups is 1. The normalized spacial score (nSPS) is 12.0. The fourth-order valence-electron chi connectivity index (χ4n) is 1.85. The second kappa shape index (κ2) is 6.65. The largest absolute Gasteiger partial charge is 0.383 e. The highest BCUT2D eigenvalue weighted by atomic mass is 32.2. The lowest BCUT2D eigenvalue weighted by atomic mass is 10.1. The van der Waals surface area contributed by atoms with Gasteiger partial charge in [-0.25, -0.2) is 9.97 Å². The predicted octanol–water partition coefficient (Wildman–Crippen LogP) is 2.38. The van der Waals surface area contributed by atoms with E-state index in [9.17, 15) is 4.79 Å². The van der Waals surface area contributed by atoms with Crippen LogP contribution in [0, 0.1) is 13.8 Å². The molecule has 0 aliphatic rings. The van der Waals surface area contributed by atoms with Gasteiger partial charge >= 0.3 is 0 Å². The van der Waals surface area contributed by atoms with Crippen LogP contribution in [0.2, 0.25) is 0 Å². The molecule has 6 nitrogen and oxygen atoms in total. The van der Waals surface area contributed by atoms with Crippen LogP contribution in [0.25, 0.3) is 0 Å². The predicted molar refractivity (Wildman–Crippen MR) is 90.7 cm³/mol. The summed E-state index contributed by atoms with van der Waals surface area (Å²) in [7, 11) is 0. The summed E-state index contributed by atoms with van der Waals surface area (Å²) < 4.78 is 0. The fourth-order valence-corrected chi connectivity index (χ4v) is 2.65. The van der Waals surface area contributed by atoms with Crippen LogP contribution in [0.15, 0.2) is 29.4 Å². The topological polar surface area (TPSA) is 107 Å². The van der Waals surface area contributed by atoms with Gasteiger partial charge in [0.1, 0.15) is 11.6 Å². The summed E-state index contributed by atoms with van der Waals surface area (Å²) in [5.41, 5.74) is 14.2. The quantitative estimate of drug-likeness (QED) is 0.590. The minimum atomic E-state index is -0.374. The van der Waals surface area contributed by atoms with Gasteiger partial charge in [-0.05, 0) is 38.0 Å². The van der Waals surface area contributed by atoms with Crippen LogP contribution in [0.4, 0.5) is 17.3 Å². The Balaban J connectivity index is 2.07. The SMILES string of the molecule is Cc1cccc(NC(=O)C(C)Sc2nc(N)cc(N)n2)c1C. The molecule has 116 valence electrons. The van der Waals surface area contributed by atoms with E-state index in [1.807, 2.05) is 32.0 Å². The van der Waals surface area contributed by atoms with E-state index in [0.29, 0.717) is 5.16 Å². The third-order valence-electron chi connectivity index (χ3n) is 3.26. The third kappa shape index (κ3) is 3.88. The van der Waals surface area contributed by atoms with Crippen LogP contribution in [0.1, 0.15) is 18.1 Å². The molecule has 1 amide bonds. The van der Waals surface area contributed by atoms with E-state index in [4.69, 9.17) is 11.5 Å². The number of nitrogens with one attached hydrogen (secondary N) is 1. The van der Waals surface area contributed by atoms with Crippen molar-refractivity contribution in [1.29, 1.82) is 0 Å². The monoisotopic (exact) mass is 317 g/mol. The van der Waals surface area contributed by atoms with Crippen molar-refractivity contribution < 1.29 is 4.79 Å². The highest BCUT2D eigenvalue weighted by Gasteiger charge is 2.17. The van der Waals surface area contributed by atoms with Crippen molar-refractivity contribution in [3.63, 3.8) is 0 Å². The van der Waals surface area contributed by atoms with Crippen molar-refractivity contribution in [2.75, 3.05) is 16.8 Å². The molecule has 2 rings (SSSR count). The zero-order chi connectivity index (χ0) is 16.3. The molecule has 22 heavy (non-hydrogen) atoms. The summed E-state index contributed by atoms with van der Waals surface area (Å²) in [5, 5.41) is 2.94. The number of hydrogen-bond acceptors (Lipinski definition) is 6. The summed E-state index contributed by atoms with van der Waals surface area (Å²) in [6.07, 6.45) is 0. The Kier molecular flexibility index (Phi) is 4.87. The number of anilines is 3. The maximum Gasteiger partial charge on any atom is 0.237 e. The maximum absolute atomic E-state index is 12.3. The van der Waals surface area contributed by atoms with Gasteiger partial charge in [0.05, 0.1) is 5.25 Å². The van der Waals surface area contributed by atoms with Crippen molar-refractivity contribution in [2.45, 2.75) is 31.2 Å². The Labute approximate surface area is 133 Å². The molecule has 1 unspecified atom stereocenters.